The summed E-state index contributed by atoms with van der Waals surface area (Å²) in [7, 11) is 0. The number of carbonyl (C=O) groups is 2. The molecule has 0 spiro atoms. The van der Waals surface area contributed by atoms with E-state index in [9.17, 15) is 9.59 Å². The van der Waals surface area contributed by atoms with Crippen molar-refractivity contribution in [2.45, 2.75) is 70.1 Å². The van der Waals surface area contributed by atoms with Crippen LogP contribution in [0.2, 0.25) is 0 Å². The number of hydrogen-bond donors (Lipinski definition) is 2. The number of aliphatic hydroxyl groups excluding tert-OH is 1. The Hall–Kier alpha value is -2.64. The lowest BCUT2D eigenvalue weighted by Crippen LogP contribution is -2.37. The minimum absolute atomic E-state index is 0.0560. The number of nitrogens with one attached hydrogen (secondary N) is 1. The molecule has 2 aromatic rings. The summed E-state index contributed by atoms with van der Waals surface area (Å²) in [6, 6.07) is 7.99. The van der Waals surface area contributed by atoms with Crippen molar-refractivity contribution in [3.05, 3.63) is 47.9 Å². The van der Waals surface area contributed by atoms with Crippen LogP contribution in [-0.2, 0) is 14.3 Å². The summed E-state index contributed by atoms with van der Waals surface area (Å²) in [5.41, 5.74) is 1.83. The highest BCUT2D eigenvalue weighted by Crippen LogP contribution is 2.36. The van der Waals surface area contributed by atoms with Crippen LogP contribution in [0.5, 0.6) is 0 Å². The highest BCUT2D eigenvalue weighted by molar-refractivity contribution is 5.95. The lowest BCUT2D eigenvalue weighted by Gasteiger charge is -2.29. The summed E-state index contributed by atoms with van der Waals surface area (Å²) in [5.74, 6) is -0.109. The zero-order valence-electron chi connectivity index (χ0n) is 18.6. The lowest BCUT2D eigenvalue weighted by atomic mass is 9.92. The highest BCUT2D eigenvalue weighted by atomic mass is 16.7. The smallest absolute Gasteiger partial charge is 0.286 e. The molecule has 7 nitrogen and oxygen atoms in total. The average Bonchev–Trinajstić information content (AvgIpc) is 3.44. The molecule has 0 radical (unpaired) electrons. The number of aliphatic hydroxyl groups is 1. The second-order valence-corrected chi connectivity index (χ2v) is 8.67. The van der Waals surface area contributed by atoms with Gasteiger partial charge in [0.1, 0.15) is 0 Å². The van der Waals surface area contributed by atoms with Crippen molar-refractivity contribution in [1.29, 1.82) is 0 Å². The fraction of sp³-hybridized carbons (Fsp3) is 0.520. The van der Waals surface area contributed by atoms with E-state index >= 15 is 0 Å². The molecule has 1 aliphatic carbocycles. The Labute approximate surface area is 188 Å². The van der Waals surface area contributed by atoms with Crippen molar-refractivity contribution < 1.29 is 24.2 Å². The average molecular weight is 441 g/mol. The van der Waals surface area contributed by atoms with Gasteiger partial charge in [-0.25, -0.2) is 0 Å². The van der Waals surface area contributed by atoms with Gasteiger partial charge in [0, 0.05) is 43.5 Å². The van der Waals surface area contributed by atoms with Gasteiger partial charge in [-0.2, -0.15) is 0 Å². The normalized spacial score (nSPS) is 21.4. The van der Waals surface area contributed by atoms with Gasteiger partial charge in [-0.05, 0) is 43.4 Å². The summed E-state index contributed by atoms with van der Waals surface area (Å²) in [4.78, 5) is 25.2. The van der Waals surface area contributed by atoms with E-state index in [4.69, 9.17) is 14.6 Å². The van der Waals surface area contributed by atoms with Crippen LogP contribution in [0.3, 0.4) is 0 Å². The molecule has 4 rings (SSSR count). The molecule has 2 aliphatic rings. The number of rotatable bonds is 8. The number of amides is 1. The minimum Gasteiger partial charge on any atom is -0.459 e. The summed E-state index contributed by atoms with van der Waals surface area (Å²) in [6.45, 7) is 2.12. The fourth-order valence-corrected chi connectivity index (χ4v) is 4.65. The van der Waals surface area contributed by atoms with E-state index in [1.165, 1.54) is 0 Å². The maximum atomic E-state index is 13.0. The maximum Gasteiger partial charge on any atom is 0.286 e. The molecule has 172 valence electrons. The van der Waals surface area contributed by atoms with Gasteiger partial charge >= 0.3 is 0 Å². The summed E-state index contributed by atoms with van der Waals surface area (Å²) in [6.07, 6.45) is 9.36. The van der Waals surface area contributed by atoms with Crippen LogP contribution in [0.25, 0.3) is 10.9 Å². The Morgan fingerprint density at radius 2 is 2.00 bits per heavy atom. The first-order valence-electron chi connectivity index (χ1n) is 11.6. The van der Waals surface area contributed by atoms with E-state index in [-0.39, 0.29) is 36.1 Å². The molecule has 2 N–H and O–H groups in total. The predicted octanol–water partition coefficient (Wildman–Crippen LogP) is 3.86. The molecule has 1 amide bonds. The van der Waals surface area contributed by atoms with Crippen LogP contribution in [-0.4, -0.2) is 47.0 Å². The molecule has 0 saturated heterocycles. The van der Waals surface area contributed by atoms with Gasteiger partial charge in [-0.3, -0.25) is 14.2 Å². The Balaban J connectivity index is 1.62. The molecule has 1 aromatic heterocycles. The van der Waals surface area contributed by atoms with Crippen LogP contribution in [0.4, 0.5) is 0 Å². The molecule has 2 atom stereocenters. The van der Waals surface area contributed by atoms with Crippen LogP contribution >= 0.6 is 0 Å². The van der Waals surface area contributed by atoms with Gasteiger partial charge < -0.3 is 19.9 Å². The monoisotopic (exact) mass is 440 g/mol. The zero-order chi connectivity index (χ0) is 22.5. The Bertz CT molecular complexity index is 989. The highest BCUT2D eigenvalue weighted by Gasteiger charge is 2.31. The van der Waals surface area contributed by atoms with Crippen LogP contribution in [0.15, 0.2) is 42.3 Å². The predicted molar refractivity (Wildman–Crippen MR) is 121 cm³/mol. The topological polar surface area (TPSA) is 89.8 Å². The van der Waals surface area contributed by atoms with Crippen molar-refractivity contribution >= 4 is 22.7 Å². The van der Waals surface area contributed by atoms with Crippen LogP contribution in [0, 0.1) is 0 Å². The third kappa shape index (κ3) is 5.05. The van der Waals surface area contributed by atoms with Crippen molar-refractivity contribution in [2.24, 2.45) is 0 Å². The van der Waals surface area contributed by atoms with Gasteiger partial charge in [0.25, 0.3) is 5.91 Å². The molecule has 7 heteroatoms. The number of aromatic nitrogens is 1. The summed E-state index contributed by atoms with van der Waals surface area (Å²) >= 11 is 0. The van der Waals surface area contributed by atoms with Crippen molar-refractivity contribution in [3.63, 3.8) is 0 Å². The van der Waals surface area contributed by atoms with E-state index in [2.05, 4.69) is 5.32 Å². The van der Waals surface area contributed by atoms with Crippen molar-refractivity contribution in [3.8, 4) is 0 Å². The standard InChI is InChI=1S/C25H32N2O5/c1-17(29)27-16-21(20-10-4-5-11-22(20)27)18-14-23(25(30)26-19-8-2-3-9-19)32-24(15-18)31-13-7-6-12-28/h4-5,10-11,14,16,18-19,24,28H,2-3,6-9,12-13,15H2,1H3,(H,26,30)/t18-,24+/m1/s1. The molecule has 1 aliphatic heterocycles. The summed E-state index contributed by atoms with van der Waals surface area (Å²) in [5, 5.41) is 13.1. The maximum absolute atomic E-state index is 13.0. The van der Waals surface area contributed by atoms with Crippen molar-refractivity contribution in [1.82, 2.24) is 9.88 Å². The first-order chi connectivity index (χ1) is 15.6. The van der Waals surface area contributed by atoms with Gasteiger partial charge in [0.05, 0.1) is 12.1 Å². The molecule has 0 unspecified atom stereocenters. The third-order valence-electron chi connectivity index (χ3n) is 6.31. The number of para-hydroxylation sites is 1. The van der Waals surface area contributed by atoms with E-state index < -0.39 is 6.29 Å². The number of hydrogen-bond acceptors (Lipinski definition) is 5. The molecule has 0 bridgehead atoms. The number of benzene rings is 1. The van der Waals surface area contributed by atoms with Crippen LogP contribution in [0.1, 0.15) is 68.1 Å². The van der Waals surface area contributed by atoms with E-state index in [0.29, 0.717) is 19.4 Å². The number of unbranched alkanes of at least 4 members (excludes halogenated alkanes) is 1. The molecule has 1 fully saturated rings. The first kappa shape index (κ1) is 22.6. The van der Waals surface area contributed by atoms with Crippen molar-refractivity contribution in [2.75, 3.05) is 13.2 Å². The molecular formula is C25H32N2O5. The van der Waals surface area contributed by atoms with Gasteiger partial charge in [0.2, 0.25) is 12.2 Å². The second-order valence-electron chi connectivity index (χ2n) is 8.67. The Kier molecular flexibility index (Phi) is 7.27. The fourth-order valence-electron chi connectivity index (χ4n) is 4.65. The second kappa shape index (κ2) is 10.3. The first-order valence-corrected chi connectivity index (χ1v) is 11.6. The SMILES string of the molecule is CC(=O)n1cc([C@@H]2C=C(C(=O)NC3CCCC3)O[C@H](OCCCCO)C2)c2ccccc21. The van der Waals surface area contributed by atoms with E-state index in [1.54, 1.807) is 11.5 Å². The summed E-state index contributed by atoms with van der Waals surface area (Å²) < 4.78 is 13.5. The molecule has 1 saturated carbocycles. The van der Waals surface area contributed by atoms with Gasteiger partial charge in [-0.15, -0.1) is 0 Å². The Morgan fingerprint density at radius 1 is 1.22 bits per heavy atom. The largest absolute Gasteiger partial charge is 0.459 e. The molecular weight excluding hydrogens is 408 g/mol. The van der Waals surface area contributed by atoms with E-state index in [0.717, 1.165) is 48.6 Å². The van der Waals surface area contributed by atoms with E-state index in [1.807, 2.05) is 36.5 Å². The number of carbonyl (C=O) groups excluding carboxylic acids is 2. The Morgan fingerprint density at radius 3 is 2.75 bits per heavy atom. The number of fused-ring (bicyclic) bond motifs is 1. The minimum atomic E-state index is -0.563. The molecule has 2 heterocycles. The number of ether oxygens (including phenoxy) is 2. The van der Waals surface area contributed by atoms with Crippen LogP contribution < -0.4 is 5.32 Å². The van der Waals surface area contributed by atoms with Gasteiger partial charge in [0.15, 0.2) is 5.76 Å². The number of nitrogens with zero attached hydrogens (tertiary/aromatic N) is 1. The van der Waals surface area contributed by atoms with Gasteiger partial charge in [-0.1, -0.05) is 31.0 Å². The zero-order valence-corrected chi connectivity index (χ0v) is 18.6. The quantitative estimate of drug-likeness (QED) is 0.609. The third-order valence-corrected chi connectivity index (χ3v) is 6.31. The molecule has 1 aromatic carbocycles. The molecule has 32 heavy (non-hydrogen) atoms. The number of allylic oxidation sites excluding steroid dienone is 1. The lowest BCUT2D eigenvalue weighted by molar-refractivity contribution is -0.146.